The van der Waals surface area contributed by atoms with Crippen LogP contribution >= 0.6 is 27.5 Å². The zero-order chi connectivity index (χ0) is 10.9. The molecule has 2 rings (SSSR count). The third-order valence-electron chi connectivity index (χ3n) is 3.33. The summed E-state index contributed by atoms with van der Waals surface area (Å²) < 4.78 is 1.00. The average molecular weight is 290 g/mol. The maximum absolute atomic E-state index is 9.39. The van der Waals surface area contributed by atoms with E-state index in [-0.39, 0.29) is 12.0 Å². The van der Waals surface area contributed by atoms with E-state index in [1.54, 1.807) is 0 Å². The first-order chi connectivity index (χ1) is 7.15. The summed E-state index contributed by atoms with van der Waals surface area (Å²) in [6, 6.07) is 5.97. The summed E-state index contributed by atoms with van der Waals surface area (Å²) in [6.45, 7) is 0.277. The second-order valence-electron chi connectivity index (χ2n) is 4.42. The molecule has 0 radical (unpaired) electrons. The molecule has 0 bridgehead atoms. The summed E-state index contributed by atoms with van der Waals surface area (Å²) in [5.41, 5.74) is 1.26. The highest BCUT2D eigenvalue weighted by Crippen LogP contribution is 2.44. The van der Waals surface area contributed by atoms with Gasteiger partial charge < -0.3 is 5.11 Å². The van der Waals surface area contributed by atoms with Gasteiger partial charge in [0.1, 0.15) is 0 Å². The summed E-state index contributed by atoms with van der Waals surface area (Å²) in [7, 11) is 0. The third kappa shape index (κ3) is 2.38. The predicted octanol–water partition coefficient (Wildman–Crippen LogP) is 3.81. The van der Waals surface area contributed by atoms with E-state index in [2.05, 4.69) is 15.9 Å². The molecule has 0 atom stereocenters. The summed E-state index contributed by atoms with van der Waals surface area (Å²) >= 11 is 9.55. The van der Waals surface area contributed by atoms with Crippen LogP contribution in [0.4, 0.5) is 0 Å². The normalized spacial score (nSPS) is 18.6. The maximum Gasteiger partial charge on any atom is 0.0490 e. The van der Waals surface area contributed by atoms with Gasteiger partial charge in [0, 0.05) is 16.1 Å². The topological polar surface area (TPSA) is 20.2 Å². The Morgan fingerprint density at radius 2 is 2.13 bits per heavy atom. The van der Waals surface area contributed by atoms with E-state index >= 15 is 0 Å². The van der Waals surface area contributed by atoms with Gasteiger partial charge in [-0.15, -0.1) is 0 Å². The Bertz CT molecular complexity index is 355. The molecular formula is C12H14BrClO. The van der Waals surface area contributed by atoms with E-state index in [9.17, 15) is 5.11 Å². The number of halogens is 2. The van der Waals surface area contributed by atoms with Gasteiger partial charge in [0.2, 0.25) is 0 Å². The first-order valence-electron chi connectivity index (χ1n) is 5.20. The fraction of sp³-hybridized carbons (Fsp3) is 0.500. The highest BCUT2D eigenvalue weighted by Gasteiger charge is 2.36. The molecule has 82 valence electrons. The van der Waals surface area contributed by atoms with Crippen LogP contribution in [0.15, 0.2) is 22.7 Å². The van der Waals surface area contributed by atoms with Gasteiger partial charge in [-0.1, -0.05) is 40.0 Å². The Balaban J connectivity index is 2.16. The van der Waals surface area contributed by atoms with Gasteiger partial charge in [-0.3, -0.25) is 0 Å². The van der Waals surface area contributed by atoms with Crippen molar-refractivity contribution < 1.29 is 5.11 Å². The molecule has 1 aromatic rings. The maximum atomic E-state index is 9.39. The van der Waals surface area contributed by atoms with Gasteiger partial charge in [0.25, 0.3) is 0 Å². The fourth-order valence-electron chi connectivity index (χ4n) is 2.14. The Morgan fingerprint density at radius 3 is 2.60 bits per heavy atom. The lowest BCUT2D eigenvalue weighted by molar-refractivity contribution is 0.0450. The molecule has 1 N–H and O–H groups in total. The van der Waals surface area contributed by atoms with Crippen molar-refractivity contribution in [2.45, 2.75) is 25.7 Å². The van der Waals surface area contributed by atoms with Crippen LogP contribution in [0.2, 0.25) is 5.02 Å². The first-order valence-corrected chi connectivity index (χ1v) is 6.37. The standard InChI is InChI=1S/C12H14BrClO/c13-10-3-2-9(11(14)6-10)7-12(8-15)4-1-5-12/h2-3,6,15H,1,4-5,7-8H2. The van der Waals surface area contributed by atoms with Gasteiger partial charge in [0.15, 0.2) is 0 Å². The summed E-state index contributed by atoms with van der Waals surface area (Å²) in [4.78, 5) is 0. The highest BCUT2D eigenvalue weighted by molar-refractivity contribution is 9.10. The zero-order valence-corrected chi connectivity index (χ0v) is 10.8. The first kappa shape index (κ1) is 11.4. The number of hydrogen-bond acceptors (Lipinski definition) is 1. The monoisotopic (exact) mass is 288 g/mol. The van der Waals surface area contributed by atoms with E-state index in [1.165, 1.54) is 6.42 Å². The third-order valence-corrected chi connectivity index (χ3v) is 4.18. The molecule has 0 aromatic heterocycles. The molecule has 0 amide bonds. The van der Waals surface area contributed by atoms with Gasteiger partial charge in [-0.25, -0.2) is 0 Å². The van der Waals surface area contributed by atoms with Crippen molar-refractivity contribution in [3.05, 3.63) is 33.3 Å². The lowest BCUT2D eigenvalue weighted by Crippen LogP contribution is -2.35. The molecule has 0 unspecified atom stereocenters. The molecular weight excluding hydrogens is 275 g/mol. The molecule has 1 aliphatic carbocycles. The quantitative estimate of drug-likeness (QED) is 0.897. The van der Waals surface area contributed by atoms with Crippen molar-refractivity contribution in [1.82, 2.24) is 0 Å². The number of benzene rings is 1. The molecule has 1 fully saturated rings. The van der Waals surface area contributed by atoms with Gasteiger partial charge >= 0.3 is 0 Å². The molecule has 0 heterocycles. The van der Waals surface area contributed by atoms with Gasteiger partial charge in [-0.05, 0) is 42.4 Å². The van der Waals surface area contributed by atoms with E-state index in [1.807, 2.05) is 18.2 Å². The number of rotatable bonds is 3. The van der Waals surface area contributed by atoms with Crippen LogP contribution in [0.3, 0.4) is 0 Å². The van der Waals surface area contributed by atoms with Crippen molar-refractivity contribution in [2.24, 2.45) is 5.41 Å². The van der Waals surface area contributed by atoms with E-state index < -0.39 is 0 Å². The second-order valence-corrected chi connectivity index (χ2v) is 5.75. The lowest BCUT2D eigenvalue weighted by atomic mass is 9.66. The van der Waals surface area contributed by atoms with Crippen LogP contribution in [0.5, 0.6) is 0 Å². The minimum absolute atomic E-state index is 0.109. The molecule has 0 saturated heterocycles. The second kappa shape index (κ2) is 4.44. The van der Waals surface area contributed by atoms with Crippen LogP contribution in [0.25, 0.3) is 0 Å². The van der Waals surface area contributed by atoms with E-state index in [0.29, 0.717) is 0 Å². The molecule has 3 heteroatoms. The highest BCUT2D eigenvalue weighted by atomic mass is 79.9. The molecule has 1 aliphatic rings. The van der Waals surface area contributed by atoms with E-state index in [0.717, 1.165) is 34.3 Å². The van der Waals surface area contributed by atoms with Crippen molar-refractivity contribution in [3.8, 4) is 0 Å². The molecule has 1 aromatic carbocycles. The van der Waals surface area contributed by atoms with Gasteiger partial charge in [0.05, 0.1) is 0 Å². The Morgan fingerprint density at radius 1 is 1.40 bits per heavy atom. The number of hydrogen-bond donors (Lipinski definition) is 1. The summed E-state index contributed by atoms with van der Waals surface area (Å²) in [5.74, 6) is 0. The zero-order valence-electron chi connectivity index (χ0n) is 8.47. The smallest absolute Gasteiger partial charge is 0.0490 e. The summed E-state index contributed by atoms with van der Waals surface area (Å²) in [5, 5.41) is 10.2. The van der Waals surface area contributed by atoms with Crippen LogP contribution in [0.1, 0.15) is 24.8 Å². The number of aliphatic hydroxyl groups excluding tert-OH is 1. The van der Waals surface area contributed by atoms with Crippen molar-refractivity contribution in [1.29, 1.82) is 0 Å². The Hall–Kier alpha value is -0.0500. The fourth-order valence-corrected chi connectivity index (χ4v) is 2.88. The molecule has 1 nitrogen and oxygen atoms in total. The molecule has 1 saturated carbocycles. The van der Waals surface area contributed by atoms with Crippen molar-refractivity contribution in [2.75, 3.05) is 6.61 Å². The van der Waals surface area contributed by atoms with Crippen LogP contribution in [0, 0.1) is 5.41 Å². The number of aliphatic hydroxyl groups is 1. The Labute approximate surface area is 104 Å². The van der Waals surface area contributed by atoms with Crippen LogP contribution in [-0.4, -0.2) is 11.7 Å². The molecule has 15 heavy (non-hydrogen) atoms. The minimum Gasteiger partial charge on any atom is -0.396 e. The van der Waals surface area contributed by atoms with Crippen LogP contribution in [-0.2, 0) is 6.42 Å². The Kier molecular flexibility index (Phi) is 3.39. The van der Waals surface area contributed by atoms with Crippen molar-refractivity contribution >= 4 is 27.5 Å². The molecule has 0 spiro atoms. The lowest BCUT2D eigenvalue weighted by Gasteiger charge is -2.40. The molecule has 0 aliphatic heterocycles. The SMILES string of the molecule is OCC1(Cc2ccc(Br)cc2Cl)CCC1. The van der Waals surface area contributed by atoms with E-state index in [4.69, 9.17) is 11.6 Å². The minimum atomic E-state index is 0.109. The van der Waals surface area contributed by atoms with Crippen molar-refractivity contribution in [3.63, 3.8) is 0 Å². The largest absolute Gasteiger partial charge is 0.396 e. The summed E-state index contributed by atoms with van der Waals surface area (Å²) in [6.07, 6.45) is 4.37. The van der Waals surface area contributed by atoms with Crippen LogP contribution < -0.4 is 0 Å². The predicted molar refractivity (Wildman–Crippen MR) is 66.2 cm³/mol. The van der Waals surface area contributed by atoms with Gasteiger partial charge in [-0.2, -0.15) is 0 Å². The average Bonchev–Trinajstić information content (AvgIpc) is 2.14.